The molecule has 0 saturated heterocycles. The van der Waals surface area contributed by atoms with Gasteiger partial charge >= 0.3 is 5.97 Å². The molecule has 0 atom stereocenters. The lowest BCUT2D eigenvalue weighted by Gasteiger charge is -2.18. The summed E-state index contributed by atoms with van der Waals surface area (Å²) in [4.78, 5) is 34.8. The number of rotatable bonds is 5. The molecule has 9 nitrogen and oxygen atoms in total. The van der Waals surface area contributed by atoms with Crippen LogP contribution in [0.4, 0.5) is 11.4 Å². The fraction of sp³-hybridized carbons (Fsp3) is 0.222. The molecule has 140 valence electrons. The molecule has 1 heterocycles. The zero-order chi connectivity index (χ0) is 19.4. The fourth-order valence-corrected chi connectivity index (χ4v) is 2.50. The van der Waals surface area contributed by atoms with E-state index in [9.17, 15) is 19.7 Å². The number of carbonyl (C=O) groups is 2. The van der Waals surface area contributed by atoms with Crippen LogP contribution in [0.1, 0.15) is 15.9 Å². The third-order valence-corrected chi connectivity index (χ3v) is 3.83. The third kappa shape index (κ3) is 4.14. The van der Waals surface area contributed by atoms with Crippen molar-refractivity contribution in [2.24, 2.45) is 0 Å². The molecule has 0 bridgehead atoms. The molecule has 1 aliphatic rings. The van der Waals surface area contributed by atoms with Gasteiger partial charge < -0.3 is 19.5 Å². The van der Waals surface area contributed by atoms with Crippen LogP contribution in [0.3, 0.4) is 0 Å². The van der Waals surface area contributed by atoms with Crippen LogP contribution in [0.25, 0.3) is 0 Å². The number of nitrogens with one attached hydrogen (secondary N) is 1. The van der Waals surface area contributed by atoms with Gasteiger partial charge in [0.05, 0.1) is 11.0 Å². The fourth-order valence-electron chi connectivity index (χ4n) is 2.50. The summed E-state index contributed by atoms with van der Waals surface area (Å²) in [6.07, 6.45) is 0. The Bertz CT molecular complexity index is 911. The molecule has 1 aliphatic heterocycles. The number of nitro benzene ring substituents is 1. The molecule has 2 aromatic carbocycles. The van der Waals surface area contributed by atoms with Crippen molar-refractivity contribution in [3.63, 3.8) is 0 Å². The number of hydrogen-bond donors (Lipinski definition) is 1. The maximum atomic E-state index is 12.3. The average molecular weight is 372 g/mol. The first kappa shape index (κ1) is 18.2. The number of amides is 1. The van der Waals surface area contributed by atoms with E-state index in [0.29, 0.717) is 5.69 Å². The van der Waals surface area contributed by atoms with Gasteiger partial charge in [-0.25, -0.2) is 4.79 Å². The highest BCUT2D eigenvalue weighted by Gasteiger charge is 2.27. The number of carbonyl (C=O) groups excluding carboxylic acids is 2. The third-order valence-electron chi connectivity index (χ3n) is 3.83. The molecule has 0 aromatic heterocycles. The van der Waals surface area contributed by atoms with Gasteiger partial charge in [-0.15, -0.1) is 0 Å². The lowest BCUT2D eigenvalue weighted by atomic mass is 10.1. The maximum absolute atomic E-state index is 12.3. The van der Waals surface area contributed by atoms with Crippen LogP contribution in [0.2, 0.25) is 0 Å². The smallest absolute Gasteiger partial charge is 0.345 e. The second-order valence-electron chi connectivity index (χ2n) is 5.71. The number of fused-ring (bicyclic) bond motifs is 1. The predicted molar refractivity (Wildman–Crippen MR) is 94.2 cm³/mol. The van der Waals surface area contributed by atoms with E-state index in [1.54, 1.807) is 12.1 Å². The molecular formula is C18H16N2O7. The van der Waals surface area contributed by atoms with Crippen molar-refractivity contribution < 1.29 is 28.7 Å². The first-order chi connectivity index (χ1) is 13.0. The minimum atomic E-state index is -1.00. The molecule has 1 N–H and O–H groups in total. The Morgan fingerprint density at radius 3 is 2.52 bits per heavy atom. The summed E-state index contributed by atoms with van der Waals surface area (Å²) in [5, 5.41) is 13.9. The van der Waals surface area contributed by atoms with Gasteiger partial charge in [-0.2, -0.15) is 0 Å². The van der Waals surface area contributed by atoms with E-state index in [1.165, 1.54) is 6.07 Å². The Labute approximate surface area is 154 Å². The van der Waals surface area contributed by atoms with Crippen molar-refractivity contribution in [1.29, 1.82) is 0 Å². The van der Waals surface area contributed by atoms with Crippen molar-refractivity contribution in [1.82, 2.24) is 0 Å². The van der Waals surface area contributed by atoms with E-state index in [-0.39, 0.29) is 30.3 Å². The van der Waals surface area contributed by atoms with Crippen LogP contribution in [0, 0.1) is 17.0 Å². The highest BCUT2D eigenvalue weighted by Crippen LogP contribution is 2.36. The van der Waals surface area contributed by atoms with Gasteiger partial charge in [0.15, 0.2) is 18.1 Å². The normalized spacial score (nSPS) is 12.2. The summed E-state index contributed by atoms with van der Waals surface area (Å²) in [5.74, 6) is -1.17. The van der Waals surface area contributed by atoms with Gasteiger partial charge in [-0.05, 0) is 18.6 Å². The van der Waals surface area contributed by atoms with Crippen molar-refractivity contribution in [2.75, 3.05) is 25.1 Å². The van der Waals surface area contributed by atoms with E-state index in [0.717, 1.165) is 11.6 Å². The Kier molecular flexibility index (Phi) is 5.20. The van der Waals surface area contributed by atoms with Gasteiger partial charge in [-0.1, -0.05) is 18.2 Å². The first-order valence-electron chi connectivity index (χ1n) is 8.06. The highest BCUT2D eigenvalue weighted by molar-refractivity contribution is 5.98. The standard InChI is InChI=1S/C18H16N2O7/c1-11-4-2-3-5-13(11)19-17(21)10-27-18(22)12-8-15-16(26-7-6-25-15)9-14(12)20(23)24/h2-5,8-9H,6-7,10H2,1H3,(H,19,21). The molecule has 1 amide bonds. The Morgan fingerprint density at radius 1 is 1.19 bits per heavy atom. The minimum Gasteiger partial charge on any atom is -0.486 e. The first-order valence-corrected chi connectivity index (χ1v) is 8.06. The zero-order valence-corrected chi connectivity index (χ0v) is 14.4. The van der Waals surface area contributed by atoms with E-state index in [1.807, 2.05) is 19.1 Å². The summed E-state index contributed by atoms with van der Waals surface area (Å²) in [6, 6.07) is 9.41. The average Bonchev–Trinajstić information content (AvgIpc) is 2.66. The van der Waals surface area contributed by atoms with Crippen LogP contribution < -0.4 is 14.8 Å². The molecule has 0 spiro atoms. The van der Waals surface area contributed by atoms with E-state index in [4.69, 9.17) is 14.2 Å². The second kappa shape index (κ2) is 7.73. The van der Waals surface area contributed by atoms with E-state index < -0.39 is 29.1 Å². The summed E-state index contributed by atoms with van der Waals surface area (Å²) in [7, 11) is 0. The number of ether oxygens (including phenoxy) is 3. The van der Waals surface area contributed by atoms with Crippen LogP contribution in [0.5, 0.6) is 11.5 Å². The molecule has 0 fully saturated rings. The molecule has 27 heavy (non-hydrogen) atoms. The Hall–Kier alpha value is -3.62. The number of anilines is 1. The van der Waals surface area contributed by atoms with E-state index in [2.05, 4.69) is 5.32 Å². The number of para-hydroxylation sites is 1. The monoisotopic (exact) mass is 372 g/mol. The van der Waals surface area contributed by atoms with Gasteiger partial charge in [0, 0.05) is 11.8 Å². The van der Waals surface area contributed by atoms with Crippen LogP contribution >= 0.6 is 0 Å². The van der Waals surface area contributed by atoms with Gasteiger partial charge in [0.1, 0.15) is 18.8 Å². The molecule has 2 aromatic rings. The predicted octanol–water partition coefficient (Wildman–Crippen LogP) is 2.47. The molecular weight excluding hydrogens is 356 g/mol. The largest absolute Gasteiger partial charge is 0.486 e. The lowest BCUT2D eigenvalue weighted by Crippen LogP contribution is -2.22. The zero-order valence-electron chi connectivity index (χ0n) is 14.4. The highest BCUT2D eigenvalue weighted by atomic mass is 16.6. The minimum absolute atomic E-state index is 0.182. The SMILES string of the molecule is Cc1ccccc1NC(=O)COC(=O)c1cc2c(cc1[N+](=O)[O-])OCCO2. The maximum Gasteiger partial charge on any atom is 0.345 e. The number of esters is 1. The molecule has 0 radical (unpaired) electrons. The molecule has 3 rings (SSSR count). The summed E-state index contributed by atoms with van der Waals surface area (Å²) in [6.45, 7) is 1.75. The molecule has 9 heteroatoms. The van der Waals surface area contributed by atoms with Crippen molar-refractivity contribution in [2.45, 2.75) is 6.92 Å². The van der Waals surface area contributed by atoms with Crippen LogP contribution in [-0.4, -0.2) is 36.6 Å². The number of hydrogen-bond acceptors (Lipinski definition) is 7. The Morgan fingerprint density at radius 2 is 1.85 bits per heavy atom. The van der Waals surface area contributed by atoms with Gasteiger partial charge in [0.2, 0.25) is 0 Å². The Balaban J connectivity index is 1.71. The second-order valence-corrected chi connectivity index (χ2v) is 5.71. The number of aryl methyl sites for hydroxylation is 1. The topological polar surface area (TPSA) is 117 Å². The van der Waals surface area contributed by atoms with E-state index >= 15 is 0 Å². The van der Waals surface area contributed by atoms with Gasteiger partial charge in [0.25, 0.3) is 11.6 Å². The van der Waals surface area contributed by atoms with Crippen molar-refractivity contribution in [3.8, 4) is 11.5 Å². The van der Waals surface area contributed by atoms with Crippen LogP contribution in [0.15, 0.2) is 36.4 Å². The summed E-state index contributed by atoms with van der Waals surface area (Å²) < 4.78 is 15.5. The summed E-state index contributed by atoms with van der Waals surface area (Å²) in [5.41, 5.74) is 0.639. The number of nitro groups is 1. The molecule has 0 unspecified atom stereocenters. The van der Waals surface area contributed by atoms with Crippen LogP contribution in [-0.2, 0) is 9.53 Å². The molecule has 0 saturated carbocycles. The van der Waals surface area contributed by atoms with Crippen molar-refractivity contribution in [3.05, 3.63) is 57.6 Å². The lowest BCUT2D eigenvalue weighted by molar-refractivity contribution is -0.385. The van der Waals surface area contributed by atoms with Gasteiger partial charge in [-0.3, -0.25) is 14.9 Å². The summed E-state index contributed by atoms with van der Waals surface area (Å²) >= 11 is 0. The molecule has 0 aliphatic carbocycles. The number of benzene rings is 2. The quantitative estimate of drug-likeness (QED) is 0.487. The number of nitrogens with zero attached hydrogens (tertiary/aromatic N) is 1. The van der Waals surface area contributed by atoms with Crippen molar-refractivity contribution >= 4 is 23.3 Å².